The molecule has 0 aliphatic heterocycles. The number of benzene rings is 1. The molecule has 1 aromatic heterocycles. The molecule has 1 aromatic carbocycles. The van der Waals surface area contributed by atoms with E-state index in [-0.39, 0.29) is 12.1 Å². The molecule has 0 aliphatic rings. The number of aliphatic carboxylic acids is 1. The van der Waals surface area contributed by atoms with E-state index in [1.54, 1.807) is 0 Å². The van der Waals surface area contributed by atoms with Crippen LogP contribution in [0.4, 0.5) is 0 Å². The fourth-order valence-corrected chi connectivity index (χ4v) is 2.43. The van der Waals surface area contributed by atoms with Crippen molar-refractivity contribution < 1.29 is 9.90 Å². The molecule has 6 heteroatoms. The zero-order valence-electron chi connectivity index (χ0n) is 9.62. The Hall–Kier alpha value is -1.56. The van der Waals surface area contributed by atoms with Crippen LogP contribution in [0.15, 0.2) is 21.4 Å². The van der Waals surface area contributed by atoms with Gasteiger partial charge in [0.2, 0.25) is 0 Å². The van der Waals surface area contributed by atoms with Crippen LogP contribution in [0.5, 0.6) is 0 Å². The average molecular weight is 313 g/mol. The molecular weight excluding hydrogens is 300 g/mol. The summed E-state index contributed by atoms with van der Waals surface area (Å²) in [5.74, 6) is -0.764. The number of rotatable bonds is 5. The van der Waals surface area contributed by atoms with E-state index in [2.05, 4.69) is 25.9 Å². The standard InChI is InChI=1S/C12H13BrN2O3/c13-8-6-10-9(14-12(18)15-10)5-7(8)3-1-2-4-11(16)17/h5-6H,1-4H2,(H,16,17)(H2,14,15,18). The summed E-state index contributed by atoms with van der Waals surface area (Å²) in [6.45, 7) is 0. The van der Waals surface area contributed by atoms with Crippen LogP contribution in [0.25, 0.3) is 11.0 Å². The number of halogens is 1. The first-order valence-corrected chi connectivity index (χ1v) is 6.48. The van der Waals surface area contributed by atoms with Crippen molar-refractivity contribution in [3.8, 4) is 0 Å². The monoisotopic (exact) mass is 312 g/mol. The number of unbranched alkanes of at least 4 members (excludes halogenated alkanes) is 1. The minimum Gasteiger partial charge on any atom is -0.481 e. The van der Waals surface area contributed by atoms with Gasteiger partial charge in [0.25, 0.3) is 0 Å². The molecule has 3 N–H and O–H groups in total. The van der Waals surface area contributed by atoms with Crippen LogP contribution in [0.1, 0.15) is 24.8 Å². The molecule has 0 fully saturated rings. The first-order chi connectivity index (χ1) is 8.56. The van der Waals surface area contributed by atoms with Gasteiger partial charge in [0.15, 0.2) is 0 Å². The van der Waals surface area contributed by atoms with Crippen LogP contribution >= 0.6 is 15.9 Å². The van der Waals surface area contributed by atoms with Crippen molar-refractivity contribution in [2.24, 2.45) is 0 Å². The maximum absolute atomic E-state index is 11.2. The molecular formula is C12H13BrN2O3. The molecule has 0 atom stereocenters. The van der Waals surface area contributed by atoms with Gasteiger partial charge in [0.05, 0.1) is 11.0 Å². The van der Waals surface area contributed by atoms with Crippen LogP contribution < -0.4 is 5.69 Å². The summed E-state index contributed by atoms with van der Waals surface area (Å²) in [6.07, 6.45) is 2.45. The molecule has 0 radical (unpaired) electrons. The van der Waals surface area contributed by atoms with Gasteiger partial charge in [0.1, 0.15) is 0 Å². The first kappa shape index (κ1) is 12.9. The fraction of sp³-hybridized carbons (Fsp3) is 0.333. The van der Waals surface area contributed by atoms with Crippen molar-refractivity contribution >= 4 is 32.9 Å². The Morgan fingerprint density at radius 3 is 2.56 bits per heavy atom. The van der Waals surface area contributed by atoms with E-state index in [0.717, 1.165) is 33.9 Å². The second-order valence-corrected chi connectivity index (χ2v) is 5.02. The zero-order chi connectivity index (χ0) is 13.1. The minimum atomic E-state index is -0.764. The number of aromatic nitrogens is 2. The largest absolute Gasteiger partial charge is 0.481 e. The molecule has 2 rings (SSSR count). The summed E-state index contributed by atoms with van der Waals surface area (Å²) in [6, 6.07) is 3.78. The van der Waals surface area contributed by atoms with E-state index < -0.39 is 5.97 Å². The Kier molecular flexibility index (Phi) is 3.86. The highest BCUT2D eigenvalue weighted by Crippen LogP contribution is 2.23. The highest BCUT2D eigenvalue weighted by atomic mass is 79.9. The molecule has 0 unspecified atom stereocenters. The summed E-state index contributed by atoms with van der Waals surface area (Å²) in [5.41, 5.74) is 2.39. The van der Waals surface area contributed by atoms with Crippen LogP contribution in [0.3, 0.4) is 0 Å². The summed E-state index contributed by atoms with van der Waals surface area (Å²) >= 11 is 3.46. The number of aryl methyl sites for hydroxylation is 1. The second-order valence-electron chi connectivity index (χ2n) is 4.17. The predicted octanol–water partition coefficient (Wildman–Crippen LogP) is 2.42. The molecule has 0 spiro atoms. The number of carbonyl (C=O) groups is 1. The molecule has 96 valence electrons. The van der Waals surface area contributed by atoms with Gasteiger partial charge in [-0.15, -0.1) is 0 Å². The molecule has 0 amide bonds. The van der Waals surface area contributed by atoms with Crippen LogP contribution in [-0.4, -0.2) is 21.0 Å². The number of fused-ring (bicyclic) bond motifs is 1. The lowest BCUT2D eigenvalue weighted by Crippen LogP contribution is -1.99. The number of carboxylic acid groups (broad SMARTS) is 1. The summed E-state index contributed by atoms with van der Waals surface area (Å²) in [7, 11) is 0. The van der Waals surface area contributed by atoms with Crippen LogP contribution in [-0.2, 0) is 11.2 Å². The highest BCUT2D eigenvalue weighted by molar-refractivity contribution is 9.10. The molecule has 2 aromatic rings. The van der Waals surface area contributed by atoms with Crippen LogP contribution in [0.2, 0.25) is 0 Å². The number of hydrogen-bond donors (Lipinski definition) is 3. The molecule has 5 nitrogen and oxygen atoms in total. The normalized spacial score (nSPS) is 10.9. The molecule has 0 bridgehead atoms. The van der Waals surface area contributed by atoms with Crippen molar-refractivity contribution in [1.29, 1.82) is 0 Å². The molecule has 0 aliphatic carbocycles. The molecule has 18 heavy (non-hydrogen) atoms. The number of carboxylic acids is 1. The quantitative estimate of drug-likeness (QED) is 0.741. The van der Waals surface area contributed by atoms with Gasteiger partial charge in [-0.3, -0.25) is 4.79 Å². The molecule has 0 saturated heterocycles. The van der Waals surface area contributed by atoms with Gasteiger partial charge >= 0.3 is 11.7 Å². The fourth-order valence-electron chi connectivity index (χ4n) is 1.88. The average Bonchev–Trinajstić information content (AvgIpc) is 2.63. The van der Waals surface area contributed by atoms with E-state index in [1.807, 2.05) is 12.1 Å². The summed E-state index contributed by atoms with van der Waals surface area (Å²) in [5, 5.41) is 8.56. The minimum absolute atomic E-state index is 0.195. The third-order valence-corrected chi connectivity index (χ3v) is 3.51. The lowest BCUT2D eigenvalue weighted by Gasteiger charge is -2.04. The SMILES string of the molecule is O=C(O)CCCCc1cc2[nH]c(=O)[nH]c2cc1Br. The van der Waals surface area contributed by atoms with Gasteiger partial charge in [-0.05, 0) is 37.0 Å². The molecule has 1 heterocycles. The van der Waals surface area contributed by atoms with Crippen LogP contribution in [0, 0.1) is 0 Å². The Morgan fingerprint density at radius 1 is 1.22 bits per heavy atom. The lowest BCUT2D eigenvalue weighted by atomic mass is 10.1. The Morgan fingerprint density at radius 2 is 1.89 bits per heavy atom. The number of aromatic amines is 2. The number of imidazole rings is 1. The van der Waals surface area contributed by atoms with Crippen molar-refractivity contribution in [3.05, 3.63) is 32.7 Å². The predicted molar refractivity (Wildman–Crippen MR) is 71.8 cm³/mol. The smallest absolute Gasteiger partial charge is 0.323 e. The maximum Gasteiger partial charge on any atom is 0.323 e. The van der Waals surface area contributed by atoms with Gasteiger partial charge in [-0.2, -0.15) is 0 Å². The summed E-state index contributed by atoms with van der Waals surface area (Å²) in [4.78, 5) is 27.0. The van der Waals surface area contributed by atoms with E-state index in [0.29, 0.717) is 6.42 Å². The highest BCUT2D eigenvalue weighted by Gasteiger charge is 2.06. The summed E-state index contributed by atoms with van der Waals surface area (Å²) < 4.78 is 0.931. The number of nitrogens with one attached hydrogen (secondary N) is 2. The second kappa shape index (κ2) is 5.39. The Balaban J connectivity index is 2.10. The maximum atomic E-state index is 11.2. The lowest BCUT2D eigenvalue weighted by molar-refractivity contribution is -0.137. The van der Waals surface area contributed by atoms with Gasteiger partial charge in [0, 0.05) is 10.9 Å². The Bertz CT molecular complexity index is 630. The number of H-pyrrole nitrogens is 2. The zero-order valence-corrected chi connectivity index (χ0v) is 11.2. The Labute approximate surface area is 111 Å². The molecule has 0 saturated carbocycles. The van der Waals surface area contributed by atoms with Gasteiger partial charge in [-0.25, -0.2) is 4.79 Å². The number of hydrogen-bond acceptors (Lipinski definition) is 2. The third kappa shape index (κ3) is 3.01. The van der Waals surface area contributed by atoms with Crippen molar-refractivity contribution in [2.45, 2.75) is 25.7 Å². The van der Waals surface area contributed by atoms with Gasteiger partial charge < -0.3 is 15.1 Å². The van der Waals surface area contributed by atoms with Gasteiger partial charge in [-0.1, -0.05) is 15.9 Å². The van der Waals surface area contributed by atoms with Crippen molar-refractivity contribution in [1.82, 2.24) is 9.97 Å². The van der Waals surface area contributed by atoms with E-state index >= 15 is 0 Å². The van der Waals surface area contributed by atoms with Crippen molar-refractivity contribution in [3.63, 3.8) is 0 Å². The van der Waals surface area contributed by atoms with E-state index in [9.17, 15) is 9.59 Å². The third-order valence-electron chi connectivity index (χ3n) is 2.77. The first-order valence-electron chi connectivity index (χ1n) is 5.68. The topological polar surface area (TPSA) is 85.9 Å². The van der Waals surface area contributed by atoms with Crippen molar-refractivity contribution in [2.75, 3.05) is 0 Å². The van der Waals surface area contributed by atoms with E-state index in [1.165, 1.54) is 0 Å². The van der Waals surface area contributed by atoms with E-state index in [4.69, 9.17) is 5.11 Å².